The molecule has 0 unspecified atom stereocenters. The summed E-state index contributed by atoms with van der Waals surface area (Å²) < 4.78 is 1.85. The van der Waals surface area contributed by atoms with Crippen LogP contribution in [0.25, 0.3) is 16.8 Å². The lowest BCUT2D eigenvalue weighted by molar-refractivity contribution is 0.102. The molecule has 4 aromatic rings. The first-order chi connectivity index (χ1) is 16.4. The molecule has 0 aliphatic heterocycles. The zero-order valence-corrected chi connectivity index (χ0v) is 19.1. The van der Waals surface area contributed by atoms with Crippen LogP contribution in [0.5, 0.6) is 0 Å². The first kappa shape index (κ1) is 22.5. The maximum atomic E-state index is 12.7. The number of hydrogen-bond acceptors (Lipinski definition) is 6. The van der Waals surface area contributed by atoms with Crippen molar-refractivity contribution in [3.63, 3.8) is 0 Å². The number of carbonyl (C=O) groups excluding carboxylic acids is 1. The van der Waals surface area contributed by atoms with Gasteiger partial charge in [-0.3, -0.25) is 9.20 Å². The largest absolute Gasteiger partial charge is 0.382 e. The molecule has 1 atom stereocenters. The Morgan fingerprint density at radius 3 is 2.65 bits per heavy atom. The highest BCUT2D eigenvalue weighted by atomic mass is 16.1. The second-order valence-corrected chi connectivity index (χ2v) is 7.66. The number of anilines is 2. The minimum absolute atomic E-state index is 0.230. The quantitative estimate of drug-likeness (QED) is 0.241. The molecule has 34 heavy (non-hydrogen) atoms. The number of imidazole rings is 1. The van der Waals surface area contributed by atoms with Crippen LogP contribution in [0.4, 0.5) is 11.6 Å². The number of aliphatic imine (C=N–C) groups is 1. The van der Waals surface area contributed by atoms with E-state index in [-0.39, 0.29) is 17.8 Å². The number of benzene rings is 1. The lowest BCUT2D eigenvalue weighted by Gasteiger charge is -2.06. The number of amidine groups is 1. The molecule has 0 aliphatic carbocycles. The average molecular weight is 453 g/mol. The van der Waals surface area contributed by atoms with Crippen molar-refractivity contribution in [1.82, 2.24) is 19.4 Å². The molecule has 0 fully saturated rings. The molecule has 0 bridgehead atoms. The fourth-order valence-electron chi connectivity index (χ4n) is 3.58. The van der Waals surface area contributed by atoms with Gasteiger partial charge in [0.15, 0.2) is 5.84 Å². The lowest BCUT2D eigenvalue weighted by atomic mass is 10.1. The van der Waals surface area contributed by atoms with Crippen molar-refractivity contribution in [2.75, 3.05) is 11.1 Å². The molecule has 9 nitrogen and oxygen atoms in total. The van der Waals surface area contributed by atoms with Crippen molar-refractivity contribution in [2.24, 2.45) is 10.7 Å². The number of carbonyl (C=O) groups is 1. The molecule has 0 saturated carbocycles. The Bertz CT molecular complexity index is 1460. The monoisotopic (exact) mass is 452 g/mol. The van der Waals surface area contributed by atoms with E-state index in [1.807, 2.05) is 42.5 Å². The molecule has 170 valence electrons. The third-order valence-electron chi connectivity index (χ3n) is 5.15. The maximum Gasteiger partial charge on any atom is 0.256 e. The number of aromatic nitrogens is 4. The molecular formula is C25H24N8O. The molecule has 3 heterocycles. The van der Waals surface area contributed by atoms with Crippen LogP contribution in [0.1, 0.15) is 41.6 Å². The van der Waals surface area contributed by atoms with Gasteiger partial charge in [-0.2, -0.15) is 0 Å². The number of pyridine rings is 1. The van der Waals surface area contributed by atoms with Gasteiger partial charge in [0.05, 0.1) is 0 Å². The van der Waals surface area contributed by atoms with Crippen LogP contribution in [-0.2, 0) is 0 Å². The first-order valence-corrected chi connectivity index (χ1v) is 10.6. The van der Waals surface area contributed by atoms with E-state index in [9.17, 15) is 4.79 Å². The Hall–Kier alpha value is -4.71. The second-order valence-electron chi connectivity index (χ2n) is 7.66. The number of nitrogens with two attached hydrogens (primary N) is 2. The van der Waals surface area contributed by atoms with Gasteiger partial charge in [-0.1, -0.05) is 18.1 Å². The van der Waals surface area contributed by atoms with Gasteiger partial charge in [0.1, 0.15) is 34.7 Å². The van der Waals surface area contributed by atoms with E-state index in [1.54, 1.807) is 37.6 Å². The third kappa shape index (κ3) is 4.56. The van der Waals surface area contributed by atoms with Gasteiger partial charge in [0.2, 0.25) is 0 Å². The molecule has 3 aromatic heterocycles. The van der Waals surface area contributed by atoms with E-state index in [2.05, 4.69) is 32.1 Å². The highest BCUT2D eigenvalue weighted by molar-refractivity contribution is 6.04. The van der Waals surface area contributed by atoms with Crippen LogP contribution in [0.15, 0.2) is 60.0 Å². The number of fused-ring (bicyclic) bond motifs is 1. The Kier molecular flexibility index (Phi) is 6.23. The van der Waals surface area contributed by atoms with Crippen LogP contribution in [0.2, 0.25) is 0 Å². The molecular weight excluding hydrogens is 428 g/mol. The SMILES string of the molecule is CC#CC(N)=N[C@@H](C)c1nc(-c2ccc(C(=O)Nc3cc(C)ccn3)cc2)c2c(N)nccn12. The van der Waals surface area contributed by atoms with Crippen molar-refractivity contribution >= 4 is 28.9 Å². The first-order valence-electron chi connectivity index (χ1n) is 10.6. The molecule has 1 amide bonds. The summed E-state index contributed by atoms with van der Waals surface area (Å²) in [5, 5.41) is 2.81. The topological polar surface area (TPSA) is 137 Å². The van der Waals surface area contributed by atoms with Gasteiger partial charge in [0.25, 0.3) is 5.91 Å². The number of hydrogen-bond donors (Lipinski definition) is 3. The highest BCUT2D eigenvalue weighted by Crippen LogP contribution is 2.31. The summed E-state index contributed by atoms with van der Waals surface area (Å²) >= 11 is 0. The summed E-state index contributed by atoms with van der Waals surface area (Å²) in [5.41, 5.74) is 15.7. The Morgan fingerprint density at radius 2 is 1.94 bits per heavy atom. The molecule has 1 aromatic carbocycles. The van der Waals surface area contributed by atoms with E-state index in [0.29, 0.717) is 34.2 Å². The molecule has 0 radical (unpaired) electrons. The maximum absolute atomic E-state index is 12.7. The zero-order chi connectivity index (χ0) is 24.2. The summed E-state index contributed by atoms with van der Waals surface area (Å²) in [4.78, 5) is 30.3. The van der Waals surface area contributed by atoms with Crippen LogP contribution in [0, 0.1) is 18.8 Å². The summed E-state index contributed by atoms with van der Waals surface area (Å²) in [6.07, 6.45) is 5.04. The van der Waals surface area contributed by atoms with Crippen LogP contribution < -0.4 is 16.8 Å². The van der Waals surface area contributed by atoms with Gasteiger partial charge in [-0.15, -0.1) is 0 Å². The highest BCUT2D eigenvalue weighted by Gasteiger charge is 2.20. The van der Waals surface area contributed by atoms with E-state index in [0.717, 1.165) is 11.1 Å². The molecule has 9 heteroatoms. The lowest BCUT2D eigenvalue weighted by Crippen LogP contribution is -2.12. The van der Waals surface area contributed by atoms with Crippen molar-refractivity contribution in [3.8, 4) is 23.1 Å². The van der Waals surface area contributed by atoms with Crippen molar-refractivity contribution < 1.29 is 4.79 Å². The smallest absolute Gasteiger partial charge is 0.256 e. The predicted molar refractivity (Wildman–Crippen MR) is 133 cm³/mol. The summed E-state index contributed by atoms with van der Waals surface area (Å²) in [6, 6.07) is 10.4. The van der Waals surface area contributed by atoms with Gasteiger partial charge in [0, 0.05) is 29.7 Å². The zero-order valence-electron chi connectivity index (χ0n) is 19.1. The minimum Gasteiger partial charge on any atom is -0.382 e. The van der Waals surface area contributed by atoms with Crippen molar-refractivity contribution in [2.45, 2.75) is 26.8 Å². The number of nitrogens with zero attached hydrogens (tertiary/aromatic N) is 5. The summed E-state index contributed by atoms with van der Waals surface area (Å²) in [7, 11) is 0. The molecule has 4 rings (SSSR count). The predicted octanol–water partition coefficient (Wildman–Crippen LogP) is 3.38. The van der Waals surface area contributed by atoms with Gasteiger partial charge in [-0.05, 0) is 56.5 Å². The van der Waals surface area contributed by atoms with Crippen LogP contribution >= 0.6 is 0 Å². The van der Waals surface area contributed by atoms with E-state index in [1.165, 1.54) is 0 Å². The van der Waals surface area contributed by atoms with Gasteiger partial charge < -0.3 is 16.8 Å². The second kappa shape index (κ2) is 9.42. The average Bonchev–Trinajstić information content (AvgIpc) is 3.20. The number of amides is 1. The van der Waals surface area contributed by atoms with Crippen LogP contribution in [-0.4, -0.2) is 31.1 Å². The van der Waals surface area contributed by atoms with E-state index in [4.69, 9.17) is 16.5 Å². The Morgan fingerprint density at radius 1 is 1.18 bits per heavy atom. The third-order valence-corrected chi connectivity index (χ3v) is 5.15. The fraction of sp³-hybridized carbons (Fsp3) is 0.160. The molecule has 0 spiro atoms. The van der Waals surface area contributed by atoms with Crippen molar-refractivity contribution in [3.05, 3.63) is 71.9 Å². The fourth-order valence-corrected chi connectivity index (χ4v) is 3.58. The number of nitrogen functional groups attached to an aromatic ring is 1. The number of nitrogens with one attached hydrogen (secondary N) is 1. The molecule has 0 saturated heterocycles. The van der Waals surface area contributed by atoms with E-state index >= 15 is 0 Å². The van der Waals surface area contributed by atoms with Gasteiger partial charge >= 0.3 is 0 Å². The standard InChI is InChI=1S/C25H24N8O/c1-4-5-19(26)30-16(3)24-32-21(22-23(27)29-12-13-33(22)24)17-6-8-18(9-7-17)25(34)31-20-14-15(2)10-11-28-20/h6-14,16H,1-3H3,(H2,26,30)(H2,27,29)(H,28,31,34)/t16-/m0/s1. The summed E-state index contributed by atoms with van der Waals surface area (Å²) in [6.45, 7) is 5.52. The number of aryl methyl sites for hydroxylation is 1. The van der Waals surface area contributed by atoms with E-state index < -0.39 is 0 Å². The Labute approximate surface area is 197 Å². The summed E-state index contributed by atoms with van der Waals surface area (Å²) in [5.74, 6) is 6.93. The molecule has 5 N–H and O–H groups in total. The minimum atomic E-state index is -0.365. The van der Waals surface area contributed by atoms with Gasteiger partial charge in [-0.25, -0.2) is 19.9 Å². The van der Waals surface area contributed by atoms with Crippen LogP contribution in [0.3, 0.4) is 0 Å². The molecule has 0 aliphatic rings. The Balaban J connectivity index is 1.69. The number of rotatable bonds is 5. The normalized spacial score (nSPS) is 12.1. The van der Waals surface area contributed by atoms with Crippen molar-refractivity contribution in [1.29, 1.82) is 0 Å².